The van der Waals surface area contributed by atoms with E-state index in [0.717, 1.165) is 16.8 Å². The fourth-order valence-electron chi connectivity index (χ4n) is 3.19. The number of methoxy groups -OCH3 is 1. The van der Waals surface area contributed by atoms with Gasteiger partial charge in [-0.1, -0.05) is 18.2 Å². The van der Waals surface area contributed by atoms with Crippen molar-refractivity contribution in [2.24, 2.45) is 5.10 Å². The van der Waals surface area contributed by atoms with Crippen LogP contribution in [0, 0.1) is 13.8 Å². The number of nitrogens with one attached hydrogen (secondary N) is 3. The van der Waals surface area contributed by atoms with Crippen LogP contribution in [0.15, 0.2) is 71.8 Å². The van der Waals surface area contributed by atoms with Gasteiger partial charge in [-0.15, -0.1) is 0 Å². The Hall–Kier alpha value is -4.66. The molecule has 0 atom stereocenters. The molecular formula is C26H26N4O5. The van der Waals surface area contributed by atoms with Crippen molar-refractivity contribution >= 4 is 35.3 Å². The number of nitrogens with zero attached hydrogens (tertiary/aromatic N) is 1. The number of aryl methyl sites for hydroxylation is 2. The summed E-state index contributed by atoms with van der Waals surface area (Å²) in [6.07, 6.45) is 1.38. The van der Waals surface area contributed by atoms with Gasteiger partial charge in [-0.2, -0.15) is 5.10 Å². The zero-order valence-corrected chi connectivity index (χ0v) is 19.6. The number of carbonyl (C=O) groups is 3. The highest BCUT2D eigenvalue weighted by molar-refractivity contribution is 6.39. The predicted octanol–water partition coefficient (Wildman–Crippen LogP) is 3.42. The summed E-state index contributed by atoms with van der Waals surface area (Å²) in [5, 5.41) is 9.06. The number of benzene rings is 3. The second-order valence-electron chi connectivity index (χ2n) is 7.64. The maximum absolute atomic E-state index is 12.1. The third kappa shape index (κ3) is 7.71. The molecule has 3 rings (SSSR count). The van der Waals surface area contributed by atoms with Crippen LogP contribution in [0.4, 0.5) is 11.4 Å². The van der Waals surface area contributed by atoms with E-state index < -0.39 is 11.8 Å². The third-order valence-corrected chi connectivity index (χ3v) is 4.70. The number of amides is 3. The van der Waals surface area contributed by atoms with Gasteiger partial charge in [0.15, 0.2) is 6.61 Å². The van der Waals surface area contributed by atoms with Gasteiger partial charge < -0.3 is 20.1 Å². The Morgan fingerprint density at radius 2 is 1.57 bits per heavy atom. The monoisotopic (exact) mass is 474 g/mol. The van der Waals surface area contributed by atoms with E-state index in [2.05, 4.69) is 21.2 Å². The Balaban J connectivity index is 1.45. The summed E-state index contributed by atoms with van der Waals surface area (Å²) in [4.78, 5) is 36.2. The van der Waals surface area contributed by atoms with Crippen LogP contribution in [0.1, 0.15) is 16.7 Å². The highest BCUT2D eigenvalue weighted by Crippen LogP contribution is 2.22. The van der Waals surface area contributed by atoms with Crippen LogP contribution in [-0.4, -0.2) is 37.7 Å². The maximum Gasteiger partial charge on any atom is 0.329 e. The van der Waals surface area contributed by atoms with Crippen molar-refractivity contribution < 1.29 is 23.9 Å². The summed E-state index contributed by atoms with van der Waals surface area (Å²) >= 11 is 0. The molecule has 180 valence electrons. The van der Waals surface area contributed by atoms with Gasteiger partial charge in [-0.3, -0.25) is 14.4 Å². The average molecular weight is 475 g/mol. The number of hydrazone groups is 1. The second kappa shape index (κ2) is 12.0. The van der Waals surface area contributed by atoms with E-state index in [4.69, 9.17) is 9.47 Å². The normalized spacial score (nSPS) is 10.5. The lowest BCUT2D eigenvalue weighted by atomic mass is 10.1. The first-order chi connectivity index (χ1) is 16.8. The lowest BCUT2D eigenvalue weighted by molar-refractivity contribution is -0.136. The number of anilines is 2. The van der Waals surface area contributed by atoms with E-state index in [9.17, 15) is 14.4 Å². The molecule has 3 N–H and O–H groups in total. The fourth-order valence-corrected chi connectivity index (χ4v) is 3.19. The van der Waals surface area contributed by atoms with E-state index in [1.807, 2.05) is 32.0 Å². The van der Waals surface area contributed by atoms with Gasteiger partial charge in [-0.25, -0.2) is 5.43 Å². The van der Waals surface area contributed by atoms with Crippen molar-refractivity contribution in [3.05, 3.63) is 83.4 Å². The molecule has 3 amide bonds. The minimum absolute atomic E-state index is 0.141. The Morgan fingerprint density at radius 3 is 2.26 bits per heavy atom. The molecule has 0 radical (unpaired) electrons. The van der Waals surface area contributed by atoms with Crippen molar-refractivity contribution in [3.8, 4) is 11.5 Å². The maximum atomic E-state index is 12.1. The van der Waals surface area contributed by atoms with Crippen LogP contribution < -0.4 is 25.5 Å². The first kappa shape index (κ1) is 25.0. The summed E-state index contributed by atoms with van der Waals surface area (Å²) in [5.41, 5.74) is 6.04. The first-order valence-electron chi connectivity index (χ1n) is 10.7. The summed E-state index contributed by atoms with van der Waals surface area (Å²) in [6.45, 7) is 3.79. The highest BCUT2D eigenvalue weighted by atomic mass is 16.5. The molecule has 0 aliphatic carbocycles. The van der Waals surface area contributed by atoms with Crippen molar-refractivity contribution in [2.45, 2.75) is 13.8 Å². The lowest BCUT2D eigenvalue weighted by Gasteiger charge is -2.09. The molecule has 0 fully saturated rings. The van der Waals surface area contributed by atoms with E-state index in [1.54, 1.807) is 48.5 Å². The van der Waals surface area contributed by atoms with Crippen LogP contribution in [0.5, 0.6) is 11.5 Å². The van der Waals surface area contributed by atoms with Crippen molar-refractivity contribution in [3.63, 3.8) is 0 Å². The molecule has 9 nitrogen and oxygen atoms in total. The topological polar surface area (TPSA) is 118 Å². The van der Waals surface area contributed by atoms with E-state index in [-0.39, 0.29) is 12.5 Å². The van der Waals surface area contributed by atoms with Crippen LogP contribution >= 0.6 is 0 Å². The molecule has 0 aliphatic heterocycles. The van der Waals surface area contributed by atoms with Gasteiger partial charge in [0.2, 0.25) is 0 Å². The zero-order valence-electron chi connectivity index (χ0n) is 19.6. The number of carbonyl (C=O) groups excluding carboxylic acids is 3. The Labute approximate surface area is 203 Å². The third-order valence-electron chi connectivity index (χ3n) is 4.70. The van der Waals surface area contributed by atoms with Crippen LogP contribution in [-0.2, 0) is 14.4 Å². The van der Waals surface area contributed by atoms with Gasteiger partial charge in [0.1, 0.15) is 11.5 Å². The highest BCUT2D eigenvalue weighted by Gasteiger charge is 2.14. The molecule has 35 heavy (non-hydrogen) atoms. The summed E-state index contributed by atoms with van der Waals surface area (Å²) < 4.78 is 10.6. The molecule has 0 saturated carbocycles. The minimum Gasteiger partial charge on any atom is -0.495 e. The summed E-state index contributed by atoms with van der Waals surface area (Å²) in [6, 6.07) is 19.3. The van der Waals surface area contributed by atoms with Gasteiger partial charge in [0.05, 0.1) is 19.0 Å². The average Bonchev–Trinajstić information content (AvgIpc) is 2.83. The molecule has 3 aromatic carbocycles. The molecule has 0 saturated heterocycles. The lowest BCUT2D eigenvalue weighted by Crippen LogP contribution is -2.32. The van der Waals surface area contributed by atoms with Gasteiger partial charge >= 0.3 is 11.8 Å². The summed E-state index contributed by atoms with van der Waals surface area (Å²) in [5.74, 6) is -1.15. The van der Waals surface area contributed by atoms with E-state index >= 15 is 0 Å². The SMILES string of the molecule is COc1ccccc1NC(=O)C(=O)NN=Cc1ccc(OCC(=O)Nc2cc(C)cc(C)c2)cc1. The molecule has 0 heterocycles. The number of ether oxygens (including phenoxy) is 2. The minimum atomic E-state index is -0.929. The second-order valence-corrected chi connectivity index (χ2v) is 7.64. The van der Waals surface area contributed by atoms with Crippen molar-refractivity contribution in [1.82, 2.24) is 5.43 Å². The predicted molar refractivity (Wildman–Crippen MR) is 134 cm³/mol. The number of hydrogen-bond donors (Lipinski definition) is 3. The number of rotatable bonds is 8. The number of hydrogen-bond acceptors (Lipinski definition) is 6. The molecule has 3 aromatic rings. The standard InChI is InChI=1S/C26H26N4O5/c1-17-12-18(2)14-20(13-17)28-24(31)16-35-21-10-8-19(9-11-21)15-27-30-26(33)25(32)29-22-6-4-5-7-23(22)34-3/h4-15H,16H2,1-3H3,(H,28,31)(H,29,32)(H,30,33). The van der Waals surface area contributed by atoms with Crippen molar-refractivity contribution in [2.75, 3.05) is 24.4 Å². The molecular weight excluding hydrogens is 448 g/mol. The molecule has 0 aliphatic rings. The number of para-hydroxylation sites is 2. The first-order valence-corrected chi connectivity index (χ1v) is 10.7. The van der Waals surface area contributed by atoms with Gasteiger partial charge in [0.25, 0.3) is 5.91 Å². The van der Waals surface area contributed by atoms with E-state index in [1.165, 1.54) is 13.3 Å². The molecule has 0 unspecified atom stereocenters. The fraction of sp³-hybridized carbons (Fsp3) is 0.154. The Bertz CT molecular complexity index is 1220. The quantitative estimate of drug-likeness (QED) is 0.263. The van der Waals surface area contributed by atoms with Crippen LogP contribution in [0.3, 0.4) is 0 Å². The van der Waals surface area contributed by atoms with Gasteiger partial charge in [-0.05, 0) is 79.1 Å². The Morgan fingerprint density at radius 1 is 0.886 bits per heavy atom. The molecule has 0 aromatic heterocycles. The summed E-state index contributed by atoms with van der Waals surface area (Å²) in [7, 11) is 1.46. The Kier molecular flexibility index (Phi) is 8.55. The van der Waals surface area contributed by atoms with Crippen molar-refractivity contribution in [1.29, 1.82) is 0 Å². The van der Waals surface area contributed by atoms with Crippen LogP contribution in [0.2, 0.25) is 0 Å². The van der Waals surface area contributed by atoms with Gasteiger partial charge in [0, 0.05) is 5.69 Å². The molecule has 0 spiro atoms. The van der Waals surface area contributed by atoms with E-state index in [0.29, 0.717) is 22.7 Å². The van der Waals surface area contributed by atoms with Crippen LogP contribution in [0.25, 0.3) is 0 Å². The smallest absolute Gasteiger partial charge is 0.329 e. The molecule has 0 bridgehead atoms. The molecule has 9 heteroatoms. The zero-order chi connectivity index (χ0) is 25.2. The largest absolute Gasteiger partial charge is 0.495 e.